The van der Waals surface area contributed by atoms with Crippen molar-refractivity contribution in [2.75, 3.05) is 13.3 Å². The molecular weight excluding hydrogens is 363 g/mol. The van der Waals surface area contributed by atoms with Gasteiger partial charge in [-0.25, -0.2) is 4.39 Å². The van der Waals surface area contributed by atoms with Crippen LogP contribution in [0.25, 0.3) is 0 Å². The monoisotopic (exact) mass is 380 g/mol. The Morgan fingerprint density at radius 3 is 2.61 bits per heavy atom. The Hall–Kier alpha value is -1.72. The van der Waals surface area contributed by atoms with E-state index in [9.17, 15) is 9.18 Å². The van der Waals surface area contributed by atoms with Crippen LogP contribution in [0, 0.1) is 0 Å². The van der Waals surface area contributed by atoms with Crippen molar-refractivity contribution in [3.8, 4) is 5.75 Å². The number of ketones is 1. The lowest BCUT2D eigenvalue weighted by atomic mass is 10.1. The zero-order chi connectivity index (χ0) is 16.7. The van der Waals surface area contributed by atoms with Gasteiger partial charge in [0.15, 0.2) is 11.9 Å². The summed E-state index contributed by atoms with van der Waals surface area (Å²) in [7, 11) is 0. The van der Waals surface area contributed by atoms with E-state index in [2.05, 4.69) is 15.9 Å². The van der Waals surface area contributed by atoms with E-state index in [1.54, 1.807) is 18.2 Å². The minimum Gasteiger partial charge on any atom is -0.485 e. The molecule has 0 bridgehead atoms. The zero-order valence-corrected chi connectivity index (χ0v) is 14.4. The minimum absolute atomic E-state index is 0.110. The Balaban J connectivity index is 1.95. The molecule has 0 heterocycles. The first-order valence-corrected chi connectivity index (χ1v) is 8.04. The second-order valence-corrected chi connectivity index (χ2v) is 6.01. The van der Waals surface area contributed by atoms with Gasteiger partial charge in [-0.15, -0.1) is 0 Å². The molecule has 0 spiro atoms. The second kappa shape index (κ2) is 8.79. The molecular formula is C18H18BrFO3. The highest BCUT2D eigenvalue weighted by atomic mass is 79.9. The van der Waals surface area contributed by atoms with Gasteiger partial charge >= 0.3 is 0 Å². The van der Waals surface area contributed by atoms with Crippen LogP contribution in [0.1, 0.15) is 22.8 Å². The molecule has 2 aromatic carbocycles. The van der Waals surface area contributed by atoms with Gasteiger partial charge in [-0.2, -0.15) is 0 Å². The smallest absolute Gasteiger partial charge is 0.163 e. The van der Waals surface area contributed by atoms with E-state index in [1.807, 2.05) is 30.3 Å². The number of Topliss-reactive ketones (excluding diaryl/α,β-unsaturated/α-hetero) is 1. The predicted molar refractivity (Wildman–Crippen MR) is 90.6 cm³/mol. The molecule has 0 N–H and O–H groups in total. The first-order valence-electron chi connectivity index (χ1n) is 7.25. The largest absolute Gasteiger partial charge is 0.485 e. The Labute approximate surface area is 143 Å². The minimum atomic E-state index is -0.752. The number of benzene rings is 2. The van der Waals surface area contributed by atoms with E-state index >= 15 is 0 Å². The molecule has 0 fully saturated rings. The average molecular weight is 381 g/mol. The molecule has 0 saturated heterocycles. The molecule has 2 rings (SSSR count). The molecule has 0 radical (unpaired) electrons. The van der Waals surface area contributed by atoms with Crippen molar-refractivity contribution >= 4 is 21.7 Å². The van der Waals surface area contributed by atoms with E-state index < -0.39 is 12.8 Å². The summed E-state index contributed by atoms with van der Waals surface area (Å²) in [6, 6.07) is 14.7. The lowest BCUT2D eigenvalue weighted by Crippen LogP contribution is -2.26. The van der Waals surface area contributed by atoms with Crippen molar-refractivity contribution in [1.29, 1.82) is 0 Å². The van der Waals surface area contributed by atoms with Gasteiger partial charge in [-0.05, 0) is 30.7 Å². The van der Waals surface area contributed by atoms with Crippen LogP contribution >= 0.6 is 15.9 Å². The van der Waals surface area contributed by atoms with Crippen LogP contribution in [-0.2, 0) is 11.3 Å². The summed E-state index contributed by atoms with van der Waals surface area (Å²) in [5, 5.41) is 0. The molecule has 3 nitrogen and oxygen atoms in total. The molecule has 0 aliphatic carbocycles. The van der Waals surface area contributed by atoms with Crippen LogP contribution in [0.2, 0.25) is 0 Å². The number of carbonyl (C=O) groups is 1. The van der Waals surface area contributed by atoms with Crippen LogP contribution < -0.4 is 4.74 Å². The second-order valence-electron chi connectivity index (χ2n) is 5.09. The highest BCUT2D eigenvalue weighted by Gasteiger charge is 2.16. The van der Waals surface area contributed by atoms with Crippen LogP contribution in [0.4, 0.5) is 4.39 Å². The predicted octanol–water partition coefficient (Wildman–Crippen LogP) is 4.59. The van der Waals surface area contributed by atoms with Gasteiger partial charge in [0, 0.05) is 4.47 Å². The number of carbonyl (C=O) groups excluding carboxylic acids is 1. The molecule has 122 valence electrons. The Morgan fingerprint density at radius 1 is 1.22 bits per heavy atom. The number of halogens is 2. The molecule has 0 unspecified atom stereocenters. The number of rotatable bonds is 8. The molecule has 2 aromatic rings. The van der Waals surface area contributed by atoms with Crippen LogP contribution in [0.15, 0.2) is 53.0 Å². The van der Waals surface area contributed by atoms with Gasteiger partial charge in [-0.3, -0.25) is 4.79 Å². The first-order chi connectivity index (χ1) is 11.1. The number of ether oxygens (including phenoxy) is 2. The van der Waals surface area contributed by atoms with Gasteiger partial charge in [-0.1, -0.05) is 46.3 Å². The summed E-state index contributed by atoms with van der Waals surface area (Å²) in [4.78, 5) is 11.7. The Morgan fingerprint density at radius 2 is 1.96 bits per heavy atom. The van der Waals surface area contributed by atoms with E-state index in [0.717, 1.165) is 10.0 Å². The standard InChI is InChI=1S/C18H18BrFO3/c1-13(21)17-9-15(19)7-8-18(17)23-16(10-20)12-22-11-14-5-3-2-4-6-14/h2-9,16H,10-12H2,1H3/t16-/m0/s1. The van der Waals surface area contributed by atoms with Crippen LogP contribution in [0.3, 0.4) is 0 Å². The van der Waals surface area contributed by atoms with Crippen molar-refractivity contribution in [1.82, 2.24) is 0 Å². The van der Waals surface area contributed by atoms with Gasteiger partial charge < -0.3 is 9.47 Å². The molecule has 23 heavy (non-hydrogen) atoms. The summed E-state index contributed by atoms with van der Waals surface area (Å²) in [6.07, 6.45) is -0.752. The van der Waals surface area contributed by atoms with E-state index in [0.29, 0.717) is 17.9 Å². The van der Waals surface area contributed by atoms with Gasteiger partial charge in [0.1, 0.15) is 12.4 Å². The maximum Gasteiger partial charge on any atom is 0.163 e. The highest BCUT2D eigenvalue weighted by Crippen LogP contribution is 2.25. The van der Waals surface area contributed by atoms with Crippen molar-refractivity contribution < 1.29 is 18.7 Å². The fraction of sp³-hybridized carbons (Fsp3) is 0.278. The van der Waals surface area contributed by atoms with Crippen molar-refractivity contribution in [2.24, 2.45) is 0 Å². The maximum atomic E-state index is 13.2. The average Bonchev–Trinajstić information content (AvgIpc) is 2.56. The summed E-state index contributed by atoms with van der Waals surface area (Å²) < 4.78 is 25.1. The fourth-order valence-electron chi connectivity index (χ4n) is 2.05. The molecule has 0 aliphatic rings. The molecule has 0 aliphatic heterocycles. The van der Waals surface area contributed by atoms with E-state index in [-0.39, 0.29) is 12.4 Å². The van der Waals surface area contributed by atoms with Crippen molar-refractivity contribution in [2.45, 2.75) is 19.6 Å². The third-order valence-electron chi connectivity index (χ3n) is 3.20. The van der Waals surface area contributed by atoms with Gasteiger partial charge in [0.25, 0.3) is 0 Å². The van der Waals surface area contributed by atoms with Crippen LogP contribution in [-0.4, -0.2) is 25.2 Å². The first kappa shape index (κ1) is 17.6. The zero-order valence-electron chi connectivity index (χ0n) is 12.8. The Bertz CT molecular complexity index is 646. The summed E-state index contributed by atoms with van der Waals surface area (Å²) in [5.41, 5.74) is 1.43. The summed E-state index contributed by atoms with van der Waals surface area (Å²) in [6.45, 7) is 1.26. The Kier molecular flexibility index (Phi) is 6.74. The quantitative estimate of drug-likeness (QED) is 0.628. The fourth-order valence-corrected chi connectivity index (χ4v) is 2.41. The molecule has 5 heteroatoms. The van der Waals surface area contributed by atoms with Gasteiger partial charge in [0.2, 0.25) is 0 Å². The summed E-state index contributed by atoms with van der Waals surface area (Å²) in [5.74, 6) is 0.232. The van der Waals surface area contributed by atoms with E-state index in [1.165, 1.54) is 6.92 Å². The molecule has 0 saturated carbocycles. The van der Waals surface area contributed by atoms with Gasteiger partial charge in [0.05, 0.1) is 18.8 Å². The molecule has 0 aromatic heterocycles. The number of hydrogen-bond donors (Lipinski definition) is 0. The van der Waals surface area contributed by atoms with E-state index in [4.69, 9.17) is 9.47 Å². The van der Waals surface area contributed by atoms with Crippen molar-refractivity contribution in [3.05, 3.63) is 64.1 Å². The topological polar surface area (TPSA) is 35.5 Å². The SMILES string of the molecule is CC(=O)c1cc(Br)ccc1O[C@@H](CF)COCc1ccccc1. The maximum absolute atomic E-state index is 13.2. The number of alkyl halides is 1. The normalized spacial score (nSPS) is 12.0. The lowest BCUT2D eigenvalue weighted by molar-refractivity contribution is 0.0293. The number of hydrogen-bond acceptors (Lipinski definition) is 3. The van der Waals surface area contributed by atoms with Crippen molar-refractivity contribution in [3.63, 3.8) is 0 Å². The molecule has 1 atom stereocenters. The lowest BCUT2D eigenvalue weighted by Gasteiger charge is -2.18. The third-order valence-corrected chi connectivity index (χ3v) is 3.70. The van der Waals surface area contributed by atoms with Crippen LogP contribution in [0.5, 0.6) is 5.75 Å². The third kappa shape index (κ3) is 5.44. The molecule has 0 amide bonds. The summed E-state index contributed by atoms with van der Waals surface area (Å²) >= 11 is 3.31. The highest BCUT2D eigenvalue weighted by molar-refractivity contribution is 9.10.